The Hall–Kier alpha value is -2.26. The molecule has 2 aromatic carbocycles. The maximum atomic E-state index is 13.7. The molecular formula is C18H17FN2. The SMILES string of the molecule is C[C@@H](NCc1ccc2ncccc2c1)c1ccccc1F. The Morgan fingerprint density at radius 1 is 1.10 bits per heavy atom. The topological polar surface area (TPSA) is 24.9 Å². The molecule has 2 nitrogen and oxygen atoms in total. The number of halogens is 1. The summed E-state index contributed by atoms with van der Waals surface area (Å²) in [5, 5.41) is 4.48. The number of nitrogens with zero attached hydrogens (tertiary/aromatic N) is 1. The first-order chi connectivity index (χ1) is 10.2. The lowest BCUT2D eigenvalue weighted by molar-refractivity contribution is 0.528. The minimum absolute atomic E-state index is 0.0317. The number of aromatic nitrogens is 1. The Labute approximate surface area is 123 Å². The van der Waals surface area contributed by atoms with Gasteiger partial charge in [-0.1, -0.05) is 30.3 Å². The third-order valence-corrected chi connectivity index (χ3v) is 3.65. The van der Waals surface area contributed by atoms with Crippen LogP contribution < -0.4 is 5.32 Å². The van der Waals surface area contributed by atoms with Crippen LogP contribution in [0.1, 0.15) is 24.1 Å². The Kier molecular flexibility index (Phi) is 3.93. The molecular weight excluding hydrogens is 263 g/mol. The summed E-state index contributed by atoms with van der Waals surface area (Å²) >= 11 is 0. The lowest BCUT2D eigenvalue weighted by Gasteiger charge is -2.15. The van der Waals surface area contributed by atoms with Crippen LogP contribution >= 0.6 is 0 Å². The van der Waals surface area contributed by atoms with Crippen LogP contribution in [-0.4, -0.2) is 4.98 Å². The van der Waals surface area contributed by atoms with Crippen LogP contribution in [0.3, 0.4) is 0 Å². The van der Waals surface area contributed by atoms with Crippen molar-refractivity contribution in [3.8, 4) is 0 Å². The van der Waals surface area contributed by atoms with E-state index in [9.17, 15) is 4.39 Å². The number of hydrogen-bond acceptors (Lipinski definition) is 2. The number of pyridine rings is 1. The highest BCUT2D eigenvalue weighted by molar-refractivity contribution is 5.78. The van der Waals surface area contributed by atoms with Crippen LogP contribution in [-0.2, 0) is 6.54 Å². The Bertz CT molecular complexity index is 755. The van der Waals surface area contributed by atoms with Crippen molar-refractivity contribution in [1.82, 2.24) is 10.3 Å². The van der Waals surface area contributed by atoms with Crippen molar-refractivity contribution in [2.75, 3.05) is 0 Å². The molecule has 106 valence electrons. The molecule has 0 saturated carbocycles. The van der Waals surface area contributed by atoms with Crippen molar-refractivity contribution in [2.24, 2.45) is 0 Å². The molecule has 0 bridgehead atoms. The summed E-state index contributed by atoms with van der Waals surface area (Å²) in [7, 11) is 0. The molecule has 0 saturated heterocycles. The van der Waals surface area contributed by atoms with Gasteiger partial charge >= 0.3 is 0 Å². The lowest BCUT2D eigenvalue weighted by Crippen LogP contribution is -2.19. The van der Waals surface area contributed by atoms with Crippen LogP contribution in [0.25, 0.3) is 10.9 Å². The molecule has 0 fully saturated rings. The fourth-order valence-electron chi connectivity index (χ4n) is 2.44. The molecule has 1 heterocycles. The smallest absolute Gasteiger partial charge is 0.127 e. The zero-order valence-electron chi connectivity index (χ0n) is 11.9. The minimum atomic E-state index is -0.166. The largest absolute Gasteiger partial charge is 0.306 e. The summed E-state index contributed by atoms with van der Waals surface area (Å²) in [6, 6.07) is 17.0. The fraction of sp³-hybridized carbons (Fsp3) is 0.167. The Balaban J connectivity index is 1.73. The number of hydrogen-bond donors (Lipinski definition) is 1. The van der Waals surface area contributed by atoms with Gasteiger partial charge in [-0.15, -0.1) is 0 Å². The number of benzene rings is 2. The van der Waals surface area contributed by atoms with Gasteiger partial charge in [-0.2, -0.15) is 0 Å². The second-order valence-corrected chi connectivity index (χ2v) is 5.15. The van der Waals surface area contributed by atoms with Gasteiger partial charge in [0.05, 0.1) is 5.52 Å². The van der Waals surface area contributed by atoms with Gasteiger partial charge in [0, 0.05) is 29.7 Å². The third-order valence-electron chi connectivity index (χ3n) is 3.65. The molecule has 0 radical (unpaired) electrons. The zero-order chi connectivity index (χ0) is 14.7. The van der Waals surface area contributed by atoms with Gasteiger partial charge in [-0.25, -0.2) is 4.39 Å². The molecule has 0 unspecified atom stereocenters. The van der Waals surface area contributed by atoms with Gasteiger partial charge in [0.2, 0.25) is 0 Å². The number of nitrogens with one attached hydrogen (secondary N) is 1. The maximum absolute atomic E-state index is 13.7. The van der Waals surface area contributed by atoms with Crippen LogP contribution in [0.4, 0.5) is 4.39 Å². The highest BCUT2D eigenvalue weighted by Crippen LogP contribution is 2.18. The van der Waals surface area contributed by atoms with E-state index in [0.29, 0.717) is 12.1 Å². The van der Waals surface area contributed by atoms with E-state index in [2.05, 4.69) is 22.4 Å². The highest BCUT2D eigenvalue weighted by atomic mass is 19.1. The van der Waals surface area contributed by atoms with E-state index in [4.69, 9.17) is 0 Å². The zero-order valence-corrected chi connectivity index (χ0v) is 11.9. The van der Waals surface area contributed by atoms with E-state index in [1.165, 1.54) is 11.6 Å². The molecule has 3 aromatic rings. The normalized spacial score (nSPS) is 12.5. The monoisotopic (exact) mass is 280 g/mol. The first-order valence-corrected chi connectivity index (χ1v) is 7.05. The van der Waals surface area contributed by atoms with Crippen molar-refractivity contribution in [3.63, 3.8) is 0 Å². The van der Waals surface area contributed by atoms with Gasteiger partial charge in [0.1, 0.15) is 5.82 Å². The molecule has 1 N–H and O–H groups in total. The maximum Gasteiger partial charge on any atom is 0.127 e. The van der Waals surface area contributed by atoms with E-state index in [1.54, 1.807) is 12.3 Å². The predicted molar refractivity (Wildman–Crippen MR) is 83.4 cm³/mol. The van der Waals surface area contributed by atoms with Crippen molar-refractivity contribution < 1.29 is 4.39 Å². The molecule has 0 aliphatic rings. The summed E-state index contributed by atoms with van der Waals surface area (Å²) in [5.41, 5.74) is 2.85. The first kappa shape index (κ1) is 13.7. The second kappa shape index (κ2) is 6.02. The van der Waals surface area contributed by atoms with Gasteiger partial charge in [-0.05, 0) is 36.8 Å². The fourth-order valence-corrected chi connectivity index (χ4v) is 2.44. The van der Waals surface area contributed by atoms with Crippen molar-refractivity contribution >= 4 is 10.9 Å². The Morgan fingerprint density at radius 3 is 2.81 bits per heavy atom. The van der Waals surface area contributed by atoms with Crippen molar-refractivity contribution in [1.29, 1.82) is 0 Å². The van der Waals surface area contributed by atoms with Crippen LogP contribution in [0, 0.1) is 5.82 Å². The van der Waals surface area contributed by atoms with Gasteiger partial charge < -0.3 is 5.32 Å². The van der Waals surface area contributed by atoms with Gasteiger partial charge in [0.25, 0.3) is 0 Å². The lowest BCUT2D eigenvalue weighted by atomic mass is 10.1. The minimum Gasteiger partial charge on any atom is -0.306 e. The second-order valence-electron chi connectivity index (χ2n) is 5.15. The van der Waals surface area contributed by atoms with Crippen LogP contribution in [0.15, 0.2) is 60.8 Å². The van der Waals surface area contributed by atoms with Crippen molar-refractivity contribution in [2.45, 2.75) is 19.5 Å². The number of rotatable bonds is 4. The quantitative estimate of drug-likeness (QED) is 0.773. The molecule has 3 rings (SSSR count). The summed E-state index contributed by atoms with van der Waals surface area (Å²) in [6.45, 7) is 2.67. The first-order valence-electron chi connectivity index (χ1n) is 7.05. The molecule has 0 aliphatic heterocycles. The average molecular weight is 280 g/mol. The molecule has 21 heavy (non-hydrogen) atoms. The Morgan fingerprint density at radius 2 is 1.95 bits per heavy atom. The van der Waals surface area contributed by atoms with E-state index in [-0.39, 0.29) is 11.9 Å². The van der Waals surface area contributed by atoms with Crippen LogP contribution in [0.5, 0.6) is 0 Å². The molecule has 0 spiro atoms. The van der Waals surface area contributed by atoms with Crippen molar-refractivity contribution in [3.05, 3.63) is 77.7 Å². The molecule has 0 amide bonds. The summed E-state index contributed by atoms with van der Waals surface area (Å²) in [6.07, 6.45) is 1.79. The molecule has 1 aromatic heterocycles. The molecule has 3 heteroatoms. The highest BCUT2D eigenvalue weighted by Gasteiger charge is 2.09. The molecule has 0 aliphatic carbocycles. The standard InChI is InChI=1S/C18H17FN2/c1-13(16-6-2-3-7-17(16)19)21-12-14-8-9-18-15(11-14)5-4-10-20-18/h2-11,13,21H,12H2,1H3/t13-/m1/s1. The van der Waals surface area contributed by atoms with Crippen LogP contribution in [0.2, 0.25) is 0 Å². The van der Waals surface area contributed by atoms with E-state index in [0.717, 1.165) is 10.9 Å². The van der Waals surface area contributed by atoms with Gasteiger partial charge in [-0.3, -0.25) is 4.98 Å². The summed E-state index contributed by atoms with van der Waals surface area (Å²) in [4.78, 5) is 4.31. The molecule has 1 atom stereocenters. The van der Waals surface area contributed by atoms with E-state index >= 15 is 0 Å². The predicted octanol–water partition coefficient (Wildman–Crippen LogP) is 4.22. The van der Waals surface area contributed by atoms with Gasteiger partial charge in [0.15, 0.2) is 0 Å². The summed E-state index contributed by atoms with van der Waals surface area (Å²) in [5.74, 6) is -0.166. The van der Waals surface area contributed by atoms with E-state index < -0.39 is 0 Å². The van der Waals surface area contributed by atoms with E-state index in [1.807, 2.05) is 37.3 Å². The third kappa shape index (κ3) is 3.09. The summed E-state index contributed by atoms with van der Waals surface area (Å²) < 4.78 is 13.7. The number of fused-ring (bicyclic) bond motifs is 1. The average Bonchev–Trinajstić information content (AvgIpc) is 2.53.